The number of ether oxygens (including phenoxy) is 3. The summed E-state index contributed by atoms with van der Waals surface area (Å²) in [5.74, 6) is 2.21. The summed E-state index contributed by atoms with van der Waals surface area (Å²) in [6, 6.07) is 17.4. The second kappa shape index (κ2) is 9.62. The molecule has 3 heterocycles. The highest BCUT2D eigenvalue weighted by Gasteiger charge is 2.29. The van der Waals surface area contributed by atoms with Gasteiger partial charge in [-0.25, -0.2) is 0 Å². The first-order valence-corrected chi connectivity index (χ1v) is 11.7. The van der Waals surface area contributed by atoms with E-state index < -0.39 is 6.10 Å². The van der Waals surface area contributed by atoms with Crippen LogP contribution in [0.15, 0.2) is 59.8 Å². The van der Waals surface area contributed by atoms with Gasteiger partial charge in [-0.2, -0.15) is 0 Å². The quantitative estimate of drug-likeness (QED) is 0.551. The van der Waals surface area contributed by atoms with E-state index in [1.165, 1.54) is 11.8 Å². The predicted octanol–water partition coefficient (Wildman–Crippen LogP) is 3.17. The Morgan fingerprint density at radius 1 is 1.09 bits per heavy atom. The number of benzene rings is 2. The van der Waals surface area contributed by atoms with Crippen LogP contribution >= 0.6 is 11.8 Å². The lowest BCUT2D eigenvalue weighted by Crippen LogP contribution is -2.33. The molecule has 9 heteroatoms. The minimum atomic E-state index is -0.416. The lowest BCUT2D eigenvalue weighted by molar-refractivity contribution is -0.119. The van der Waals surface area contributed by atoms with Crippen molar-refractivity contribution in [2.24, 2.45) is 0 Å². The Morgan fingerprint density at radius 2 is 1.91 bits per heavy atom. The number of thioether (sulfide) groups is 1. The SMILES string of the molecule is O=C(CSc1nnc(C2COc3ccccc3O2)n1-c1ccccc1)NCC1CCCO1. The van der Waals surface area contributed by atoms with Gasteiger partial charge >= 0.3 is 0 Å². The molecule has 2 aromatic carbocycles. The van der Waals surface area contributed by atoms with E-state index in [0.29, 0.717) is 35.6 Å². The van der Waals surface area contributed by atoms with Gasteiger partial charge in [0.2, 0.25) is 5.91 Å². The zero-order valence-corrected chi connectivity index (χ0v) is 18.3. The van der Waals surface area contributed by atoms with Crippen molar-refractivity contribution in [1.29, 1.82) is 0 Å². The van der Waals surface area contributed by atoms with Crippen molar-refractivity contribution < 1.29 is 19.0 Å². The molecule has 0 saturated carbocycles. The molecule has 3 aromatic rings. The van der Waals surface area contributed by atoms with Crippen molar-refractivity contribution in [3.05, 3.63) is 60.4 Å². The number of fused-ring (bicyclic) bond motifs is 1. The van der Waals surface area contributed by atoms with Gasteiger partial charge in [-0.3, -0.25) is 9.36 Å². The Labute approximate surface area is 190 Å². The highest BCUT2D eigenvalue weighted by molar-refractivity contribution is 7.99. The minimum Gasteiger partial charge on any atom is -0.485 e. The molecule has 5 rings (SSSR count). The summed E-state index contributed by atoms with van der Waals surface area (Å²) >= 11 is 1.34. The van der Waals surface area contributed by atoms with Crippen LogP contribution in [0.25, 0.3) is 5.69 Å². The van der Waals surface area contributed by atoms with Gasteiger partial charge < -0.3 is 19.5 Å². The first-order chi connectivity index (χ1) is 15.8. The third-order valence-corrected chi connectivity index (χ3v) is 6.28. The first-order valence-electron chi connectivity index (χ1n) is 10.7. The molecule has 1 saturated heterocycles. The minimum absolute atomic E-state index is 0.0548. The van der Waals surface area contributed by atoms with Crippen molar-refractivity contribution in [2.75, 3.05) is 25.5 Å². The van der Waals surface area contributed by atoms with Crippen molar-refractivity contribution >= 4 is 17.7 Å². The second-order valence-corrected chi connectivity index (χ2v) is 8.55. The molecule has 1 aromatic heterocycles. The molecular formula is C23H24N4O4S. The molecule has 32 heavy (non-hydrogen) atoms. The molecule has 1 amide bonds. The topological polar surface area (TPSA) is 87.5 Å². The van der Waals surface area contributed by atoms with Crippen LogP contribution in [0.1, 0.15) is 24.8 Å². The van der Waals surface area contributed by atoms with Crippen molar-refractivity contribution in [2.45, 2.75) is 30.2 Å². The van der Waals surface area contributed by atoms with Crippen LogP contribution in [-0.4, -0.2) is 52.3 Å². The maximum Gasteiger partial charge on any atom is 0.230 e. The van der Waals surface area contributed by atoms with E-state index in [0.717, 1.165) is 25.1 Å². The van der Waals surface area contributed by atoms with Gasteiger partial charge in [0.05, 0.1) is 11.9 Å². The normalized spacial score (nSPS) is 19.6. The average molecular weight is 453 g/mol. The monoisotopic (exact) mass is 452 g/mol. The lowest BCUT2D eigenvalue weighted by Gasteiger charge is -2.26. The standard InChI is InChI=1S/C23H24N4O4S/c28-21(24-13-17-9-6-12-29-17)15-32-23-26-25-22(27(23)16-7-2-1-3-8-16)20-14-30-18-10-4-5-11-19(18)31-20/h1-5,7-8,10-11,17,20H,6,9,12-15H2,(H,24,28). The lowest BCUT2D eigenvalue weighted by atomic mass is 10.2. The van der Waals surface area contributed by atoms with Gasteiger partial charge in [0.25, 0.3) is 0 Å². The number of para-hydroxylation sites is 3. The maximum absolute atomic E-state index is 12.4. The van der Waals surface area contributed by atoms with Crippen LogP contribution in [0.4, 0.5) is 0 Å². The van der Waals surface area contributed by atoms with Gasteiger partial charge in [0.15, 0.2) is 28.6 Å². The number of carbonyl (C=O) groups excluding carboxylic acids is 1. The van der Waals surface area contributed by atoms with E-state index in [1.54, 1.807) is 0 Å². The van der Waals surface area contributed by atoms with Crippen LogP contribution in [0, 0.1) is 0 Å². The third-order valence-electron chi connectivity index (χ3n) is 5.35. The van der Waals surface area contributed by atoms with E-state index >= 15 is 0 Å². The molecular weight excluding hydrogens is 428 g/mol. The predicted molar refractivity (Wildman–Crippen MR) is 119 cm³/mol. The summed E-state index contributed by atoms with van der Waals surface area (Å²) in [4.78, 5) is 12.4. The number of nitrogens with one attached hydrogen (secondary N) is 1. The summed E-state index contributed by atoms with van der Waals surface area (Å²) in [6.45, 7) is 1.65. The van der Waals surface area contributed by atoms with E-state index in [2.05, 4.69) is 15.5 Å². The summed E-state index contributed by atoms with van der Waals surface area (Å²) < 4.78 is 19.5. The number of carbonyl (C=O) groups is 1. The summed E-state index contributed by atoms with van der Waals surface area (Å²) in [5, 5.41) is 12.4. The van der Waals surface area contributed by atoms with Crippen LogP contribution in [0.3, 0.4) is 0 Å². The fraction of sp³-hybridized carbons (Fsp3) is 0.348. The number of hydrogen-bond donors (Lipinski definition) is 1. The van der Waals surface area contributed by atoms with E-state index in [4.69, 9.17) is 14.2 Å². The molecule has 166 valence electrons. The van der Waals surface area contributed by atoms with Crippen molar-refractivity contribution in [3.8, 4) is 17.2 Å². The van der Waals surface area contributed by atoms with Crippen molar-refractivity contribution in [1.82, 2.24) is 20.1 Å². The molecule has 1 fully saturated rings. The largest absolute Gasteiger partial charge is 0.485 e. The molecule has 2 unspecified atom stereocenters. The Kier molecular flexibility index (Phi) is 6.27. The number of hydrogen-bond acceptors (Lipinski definition) is 7. The molecule has 2 aliphatic rings. The van der Waals surface area contributed by atoms with Gasteiger partial charge in [-0.1, -0.05) is 42.1 Å². The van der Waals surface area contributed by atoms with E-state index in [9.17, 15) is 4.79 Å². The zero-order chi connectivity index (χ0) is 21.8. The summed E-state index contributed by atoms with van der Waals surface area (Å²) in [5.41, 5.74) is 0.900. The van der Waals surface area contributed by atoms with Gasteiger partial charge in [-0.05, 0) is 37.1 Å². The molecule has 2 aliphatic heterocycles. The Balaban J connectivity index is 1.33. The molecule has 0 spiro atoms. The highest BCUT2D eigenvalue weighted by Crippen LogP contribution is 2.36. The molecule has 8 nitrogen and oxygen atoms in total. The average Bonchev–Trinajstić information content (AvgIpc) is 3.52. The van der Waals surface area contributed by atoms with Crippen molar-refractivity contribution in [3.63, 3.8) is 0 Å². The molecule has 1 N–H and O–H groups in total. The van der Waals surface area contributed by atoms with E-state index in [1.807, 2.05) is 59.2 Å². The van der Waals surface area contributed by atoms with Crippen LogP contribution < -0.4 is 14.8 Å². The van der Waals surface area contributed by atoms with Crippen LogP contribution in [0.5, 0.6) is 11.5 Å². The Morgan fingerprint density at radius 3 is 2.72 bits per heavy atom. The Bertz CT molecular complexity index is 1070. The smallest absolute Gasteiger partial charge is 0.230 e. The van der Waals surface area contributed by atoms with Gasteiger partial charge in [0, 0.05) is 18.8 Å². The number of nitrogens with zero attached hydrogens (tertiary/aromatic N) is 3. The second-order valence-electron chi connectivity index (χ2n) is 7.60. The fourth-order valence-electron chi connectivity index (χ4n) is 3.76. The number of rotatable bonds is 7. The molecule has 0 aliphatic carbocycles. The fourth-order valence-corrected chi connectivity index (χ4v) is 4.55. The molecule has 0 bridgehead atoms. The van der Waals surface area contributed by atoms with Crippen LogP contribution in [0.2, 0.25) is 0 Å². The zero-order valence-electron chi connectivity index (χ0n) is 17.5. The van der Waals surface area contributed by atoms with Gasteiger partial charge in [-0.15, -0.1) is 10.2 Å². The van der Waals surface area contributed by atoms with Gasteiger partial charge in [0.1, 0.15) is 6.61 Å². The van der Waals surface area contributed by atoms with Crippen LogP contribution in [-0.2, 0) is 9.53 Å². The first kappa shape index (κ1) is 20.8. The number of amides is 1. The highest BCUT2D eigenvalue weighted by atomic mass is 32.2. The summed E-state index contributed by atoms with van der Waals surface area (Å²) in [7, 11) is 0. The molecule has 0 radical (unpaired) electrons. The van der Waals surface area contributed by atoms with E-state index in [-0.39, 0.29) is 17.8 Å². The third kappa shape index (κ3) is 4.58. The Hall–Kier alpha value is -3.04. The number of aromatic nitrogens is 3. The summed E-state index contributed by atoms with van der Waals surface area (Å²) in [6.07, 6.45) is 1.75. The molecule has 2 atom stereocenters. The maximum atomic E-state index is 12.4.